The van der Waals surface area contributed by atoms with Crippen LogP contribution in [0.1, 0.15) is 42.3 Å². The number of morpholine rings is 1. The molecule has 0 spiro atoms. The zero-order valence-electron chi connectivity index (χ0n) is 19.7. The Morgan fingerprint density at radius 1 is 1.09 bits per heavy atom. The predicted molar refractivity (Wildman–Crippen MR) is 125 cm³/mol. The van der Waals surface area contributed by atoms with Crippen LogP contribution in [-0.4, -0.2) is 65.3 Å². The van der Waals surface area contributed by atoms with Crippen molar-refractivity contribution >= 4 is 23.5 Å². The maximum Gasteiger partial charge on any atom is 0.338 e. The van der Waals surface area contributed by atoms with Crippen molar-refractivity contribution < 1.29 is 29.0 Å². The highest BCUT2D eigenvalue weighted by Crippen LogP contribution is 2.25. The number of nitrogens with zero attached hydrogens (tertiary/aromatic N) is 2. The second kappa shape index (κ2) is 9.56. The van der Waals surface area contributed by atoms with Crippen molar-refractivity contribution in [1.29, 1.82) is 0 Å². The van der Waals surface area contributed by atoms with Gasteiger partial charge in [-0.15, -0.1) is 0 Å². The van der Waals surface area contributed by atoms with E-state index in [0.717, 1.165) is 12.0 Å². The van der Waals surface area contributed by atoms with Gasteiger partial charge in [-0.05, 0) is 56.5 Å². The number of benzene rings is 2. The number of hydrogen-bond acceptors (Lipinski definition) is 6. The summed E-state index contributed by atoms with van der Waals surface area (Å²) in [7, 11) is 0. The minimum absolute atomic E-state index is 0.109. The number of hydrogen-bond donors (Lipinski definition) is 1. The van der Waals surface area contributed by atoms with Gasteiger partial charge in [0.15, 0.2) is 12.2 Å². The Labute approximate surface area is 199 Å². The van der Waals surface area contributed by atoms with E-state index in [1.807, 2.05) is 18.2 Å². The van der Waals surface area contributed by atoms with Gasteiger partial charge in [-0.2, -0.15) is 0 Å². The summed E-state index contributed by atoms with van der Waals surface area (Å²) in [6.45, 7) is 6.58. The first-order valence-corrected chi connectivity index (χ1v) is 11.4. The molecule has 34 heavy (non-hydrogen) atoms. The maximum atomic E-state index is 13.2. The zero-order chi connectivity index (χ0) is 24.5. The number of fused-ring (bicyclic) bond motifs is 1. The van der Waals surface area contributed by atoms with E-state index < -0.39 is 29.7 Å². The van der Waals surface area contributed by atoms with E-state index in [0.29, 0.717) is 24.3 Å². The van der Waals surface area contributed by atoms with Crippen LogP contribution in [0.4, 0.5) is 5.69 Å². The molecule has 0 bridgehead atoms. The lowest BCUT2D eigenvalue weighted by atomic mass is 9.99. The SMILES string of the molecule is CC(C)(C)OC(=O)C(O)C1OCCN(c2cccc(C(=O)N3CCc4ccccc4C3)c2)C1=O. The first-order chi connectivity index (χ1) is 16.1. The summed E-state index contributed by atoms with van der Waals surface area (Å²) in [6, 6.07) is 14.9. The van der Waals surface area contributed by atoms with Crippen LogP contribution in [0.25, 0.3) is 0 Å². The average Bonchev–Trinajstić information content (AvgIpc) is 2.82. The van der Waals surface area contributed by atoms with Gasteiger partial charge < -0.3 is 24.4 Å². The molecule has 0 radical (unpaired) electrons. The van der Waals surface area contributed by atoms with Crippen LogP contribution in [0.3, 0.4) is 0 Å². The summed E-state index contributed by atoms with van der Waals surface area (Å²) in [6.07, 6.45) is -2.32. The molecule has 1 saturated heterocycles. The van der Waals surface area contributed by atoms with Crippen molar-refractivity contribution in [1.82, 2.24) is 4.90 Å². The summed E-state index contributed by atoms with van der Waals surface area (Å²) in [5.74, 6) is -1.58. The van der Waals surface area contributed by atoms with E-state index in [1.54, 1.807) is 49.9 Å². The fourth-order valence-electron chi connectivity index (χ4n) is 4.23. The van der Waals surface area contributed by atoms with Gasteiger partial charge in [0.05, 0.1) is 6.61 Å². The number of carbonyl (C=O) groups is 3. The molecular formula is C26H30N2O6. The van der Waals surface area contributed by atoms with Gasteiger partial charge in [-0.3, -0.25) is 9.59 Å². The predicted octanol–water partition coefficient (Wildman–Crippen LogP) is 2.32. The van der Waals surface area contributed by atoms with Gasteiger partial charge in [0, 0.05) is 30.9 Å². The molecule has 2 heterocycles. The molecule has 180 valence electrons. The first-order valence-electron chi connectivity index (χ1n) is 11.4. The molecule has 8 nitrogen and oxygen atoms in total. The van der Waals surface area contributed by atoms with Crippen molar-refractivity contribution in [2.45, 2.75) is 51.5 Å². The molecule has 2 aliphatic heterocycles. The van der Waals surface area contributed by atoms with Crippen molar-refractivity contribution in [3.05, 3.63) is 65.2 Å². The molecule has 0 saturated carbocycles. The van der Waals surface area contributed by atoms with Crippen LogP contribution >= 0.6 is 0 Å². The number of ether oxygens (including phenoxy) is 2. The molecule has 4 rings (SSSR count). The standard InChI is InChI=1S/C26H30N2O6/c1-26(2,3)34-25(32)21(29)22-24(31)28(13-14-33-22)20-10-6-9-18(15-20)23(30)27-12-11-17-7-4-5-8-19(17)16-27/h4-10,15,21-22,29H,11-14,16H2,1-3H3. The van der Waals surface area contributed by atoms with Gasteiger partial charge in [0.25, 0.3) is 11.8 Å². The quantitative estimate of drug-likeness (QED) is 0.695. The molecule has 1 fully saturated rings. The molecule has 8 heteroatoms. The van der Waals surface area contributed by atoms with Crippen molar-refractivity contribution in [2.24, 2.45) is 0 Å². The number of rotatable bonds is 4. The lowest BCUT2D eigenvalue weighted by Crippen LogP contribution is -2.55. The van der Waals surface area contributed by atoms with Crippen molar-refractivity contribution in [2.75, 3.05) is 24.6 Å². The van der Waals surface area contributed by atoms with Crippen LogP contribution in [0.2, 0.25) is 0 Å². The summed E-state index contributed by atoms with van der Waals surface area (Å²) in [5, 5.41) is 10.4. The number of aliphatic hydroxyl groups excluding tert-OH is 1. The van der Waals surface area contributed by atoms with Crippen LogP contribution < -0.4 is 4.90 Å². The highest BCUT2D eigenvalue weighted by Gasteiger charge is 2.41. The molecule has 0 aromatic heterocycles. The zero-order valence-corrected chi connectivity index (χ0v) is 19.7. The Kier molecular flexibility index (Phi) is 6.72. The highest BCUT2D eigenvalue weighted by atomic mass is 16.6. The summed E-state index contributed by atoms with van der Waals surface area (Å²) in [4.78, 5) is 41.8. The monoisotopic (exact) mass is 466 g/mol. The number of aliphatic hydroxyl groups is 1. The first kappa shape index (κ1) is 23.9. The highest BCUT2D eigenvalue weighted by molar-refractivity contribution is 6.02. The fraction of sp³-hybridized carbons (Fsp3) is 0.423. The second-order valence-electron chi connectivity index (χ2n) is 9.56. The summed E-state index contributed by atoms with van der Waals surface area (Å²) in [5.41, 5.74) is 2.58. The molecule has 2 atom stereocenters. The Morgan fingerprint density at radius 3 is 2.56 bits per heavy atom. The number of carbonyl (C=O) groups excluding carboxylic acids is 3. The van der Waals surface area contributed by atoms with Gasteiger partial charge in [0.2, 0.25) is 0 Å². The Hall–Kier alpha value is -3.23. The third-order valence-corrected chi connectivity index (χ3v) is 5.88. The third-order valence-electron chi connectivity index (χ3n) is 5.88. The molecule has 2 aromatic rings. The van der Waals surface area contributed by atoms with Gasteiger partial charge in [-0.1, -0.05) is 30.3 Å². The molecule has 2 unspecified atom stereocenters. The van der Waals surface area contributed by atoms with Gasteiger partial charge in [0.1, 0.15) is 5.60 Å². The molecule has 2 amide bonds. The third kappa shape index (κ3) is 5.13. The van der Waals surface area contributed by atoms with E-state index in [9.17, 15) is 19.5 Å². The minimum Gasteiger partial charge on any atom is -0.458 e. The number of esters is 1. The Balaban J connectivity index is 1.49. The lowest BCUT2D eigenvalue weighted by Gasteiger charge is -2.35. The van der Waals surface area contributed by atoms with E-state index in [-0.39, 0.29) is 19.1 Å². The number of anilines is 1. The molecule has 2 aliphatic rings. The molecule has 1 N–H and O–H groups in total. The largest absolute Gasteiger partial charge is 0.458 e. The second-order valence-corrected chi connectivity index (χ2v) is 9.56. The minimum atomic E-state index is -1.74. The van der Waals surface area contributed by atoms with Crippen molar-refractivity contribution in [3.8, 4) is 0 Å². The summed E-state index contributed by atoms with van der Waals surface area (Å²) >= 11 is 0. The van der Waals surface area contributed by atoms with E-state index in [2.05, 4.69) is 6.07 Å². The van der Waals surface area contributed by atoms with Crippen LogP contribution in [0.15, 0.2) is 48.5 Å². The topological polar surface area (TPSA) is 96.4 Å². The van der Waals surface area contributed by atoms with E-state index in [1.165, 1.54) is 10.5 Å². The Bertz CT molecular complexity index is 1090. The molecular weight excluding hydrogens is 436 g/mol. The van der Waals surface area contributed by atoms with E-state index >= 15 is 0 Å². The normalized spacial score (nSPS) is 19.4. The lowest BCUT2D eigenvalue weighted by molar-refractivity contribution is -0.177. The number of amides is 2. The van der Waals surface area contributed by atoms with Crippen LogP contribution in [0, 0.1) is 0 Å². The molecule has 0 aliphatic carbocycles. The smallest absolute Gasteiger partial charge is 0.338 e. The fourth-order valence-corrected chi connectivity index (χ4v) is 4.23. The van der Waals surface area contributed by atoms with Crippen LogP contribution in [-0.2, 0) is 32.0 Å². The summed E-state index contributed by atoms with van der Waals surface area (Å²) < 4.78 is 10.6. The molecule has 2 aromatic carbocycles. The maximum absolute atomic E-state index is 13.2. The van der Waals surface area contributed by atoms with Crippen molar-refractivity contribution in [3.63, 3.8) is 0 Å². The average molecular weight is 467 g/mol. The van der Waals surface area contributed by atoms with Gasteiger partial charge in [-0.25, -0.2) is 4.79 Å². The van der Waals surface area contributed by atoms with Crippen LogP contribution in [0.5, 0.6) is 0 Å². The van der Waals surface area contributed by atoms with E-state index in [4.69, 9.17) is 9.47 Å². The Morgan fingerprint density at radius 2 is 1.82 bits per heavy atom. The van der Waals surface area contributed by atoms with Gasteiger partial charge >= 0.3 is 5.97 Å².